The molecule has 0 saturated heterocycles. The molecule has 0 radical (unpaired) electrons. The summed E-state index contributed by atoms with van der Waals surface area (Å²) in [4.78, 5) is 13.0. The first-order valence-electron chi connectivity index (χ1n) is 9.43. The summed E-state index contributed by atoms with van der Waals surface area (Å²) in [5.41, 5.74) is 2.78. The van der Waals surface area contributed by atoms with Gasteiger partial charge in [0.15, 0.2) is 5.78 Å². The summed E-state index contributed by atoms with van der Waals surface area (Å²) in [5.74, 6) is 2.72. The molecule has 0 saturated carbocycles. The number of rotatable bonds is 11. The number of thioether (sulfide) groups is 2. The van der Waals surface area contributed by atoms with Crippen molar-refractivity contribution in [1.82, 2.24) is 0 Å². The van der Waals surface area contributed by atoms with E-state index in [2.05, 4.69) is 13.8 Å². The van der Waals surface area contributed by atoms with Gasteiger partial charge in [-0.05, 0) is 49.0 Å². The second-order valence-corrected chi connectivity index (χ2v) is 8.83. The summed E-state index contributed by atoms with van der Waals surface area (Å²) in [5, 5.41) is 0. The molecule has 0 aliphatic carbocycles. The molecular formula is C23H28O2S2. The van der Waals surface area contributed by atoms with Gasteiger partial charge in [-0.3, -0.25) is 4.79 Å². The average molecular weight is 401 g/mol. The van der Waals surface area contributed by atoms with Crippen LogP contribution >= 0.6 is 23.5 Å². The fraction of sp³-hybridized carbons (Fsp3) is 0.348. The van der Waals surface area contributed by atoms with Crippen LogP contribution in [0.3, 0.4) is 0 Å². The van der Waals surface area contributed by atoms with Crippen LogP contribution in [0.4, 0.5) is 0 Å². The first-order chi connectivity index (χ1) is 13.1. The van der Waals surface area contributed by atoms with Crippen molar-refractivity contribution >= 4 is 29.3 Å². The van der Waals surface area contributed by atoms with Gasteiger partial charge in [0, 0.05) is 10.3 Å². The highest BCUT2D eigenvalue weighted by molar-refractivity contribution is 8.22. The van der Waals surface area contributed by atoms with Crippen LogP contribution in [0, 0.1) is 6.92 Å². The first-order valence-corrected chi connectivity index (χ1v) is 11.4. The maximum atomic E-state index is 13.0. The highest BCUT2D eigenvalue weighted by Crippen LogP contribution is 2.31. The molecule has 4 heteroatoms. The second-order valence-electron chi connectivity index (χ2n) is 6.30. The third kappa shape index (κ3) is 7.47. The smallest absolute Gasteiger partial charge is 0.191 e. The van der Waals surface area contributed by atoms with E-state index >= 15 is 0 Å². The Morgan fingerprint density at radius 3 is 2.30 bits per heavy atom. The van der Waals surface area contributed by atoms with Gasteiger partial charge in [-0.15, -0.1) is 23.5 Å². The monoisotopic (exact) mass is 400 g/mol. The predicted molar refractivity (Wildman–Crippen MR) is 120 cm³/mol. The summed E-state index contributed by atoms with van der Waals surface area (Å²) in [6, 6.07) is 15.8. The molecule has 0 aromatic heterocycles. The quantitative estimate of drug-likeness (QED) is 0.303. The van der Waals surface area contributed by atoms with Crippen molar-refractivity contribution in [2.75, 3.05) is 11.5 Å². The van der Waals surface area contributed by atoms with E-state index in [0.29, 0.717) is 17.9 Å². The molecule has 0 atom stereocenters. The van der Waals surface area contributed by atoms with Crippen LogP contribution in [0.1, 0.15) is 48.2 Å². The van der Waals surface area contributed by atoms with E-state index in [1.807, 2.05) is 55.5 Å². The van der Waals surface area contributed by atoms with Crippen LogP contribution in [0.2, 0.25) is 0 Å². The largest absolute Gasteiger partial charge is 0.488 e. The Labute approximate surface area is 171 Å². The van der Waals surface area contributed by atoms with Crippen LogP contribution in [-0.2, 0) is 6.61 Å². The number of benzene rings is 2. The topological polar surface area (TPSA) is 26.3 Å². The number of ether oxygens (including phenoxy) is 1. The Balaban J connectivity index is 2.19. The molecule has 0 unspecified atom stereocenters. The Hall–Kier alpha value is -1.65. The van der Waals surface area contributed by atoms with Crippen molar-refractivity contribution in [2.24, 2.45) is 0 Å². The molecule has 0 amide bonds. The minimum Gasteiger partial charge on any atom is -0.488 e. The van der Waals surface area contributed by atoms with Gasteiger partial charge >= 0.3 is 0 Å². The minimum atomic E-state index is 0.0176. The number of carbonyl (C=O) groups is 1. The molecule has 0 spiro atoms. The van der Waals surface area contributed by atoms with Gasteiger partial charge in [0.2, 0.25) is 0 Å². The van der Waals surface area contributed by atoms with Gasteiger partial charge in [0.05, 0.1) is 5.56 Å². The predicted octanol–water partition coefficient (Wildman–Crippen LogP) is 6.88. The Kier molecular flexibility index (Phi) is 9.57. The number of hydrogen-bond acceptors (Lipinski definition) is 4. The van der Waals surface area contributed by atoms with Crippen molar-refractivity contribution in [1.29, 1.82) is 0 Å². The normalized spacial score (nSPS) is 10.5. The molecule has 2 nitrogen and oxygen atoms in total. The fourth-order valence-electron chi connectivity index (χ4n) is 2.41. The summed E-state index contributed by atoms with van der Waals surface area (Å²) >= 11 is 3.53. The molecule has 2 aromatic carbocycles. The first kappa shape index (κ1) is 21.6. The van der Waals surface area contributed by atoms with Crippen LogP contribution < -0.4 is 4.74 Å². The molecule has 0 aliphatic rings. The van der Waals surface area contributed by atoms with Crippen LogP contribution in [-0.4, -0.2) is 17.3 Å². The highest BCUT2D eigenvalue weighted by Gasteiger charge is 2.13. The summed E-state index contributed by atoms with van der Waals surface area (Å²) in [6.45, 7) is 6.77. The third-order valence-corrected chi connectivity index (χ3v) is 6.52. The molecule has 27 heavy (non-hydrogen) atoms. The molecule has 0 heterocycles. The van der Waals surface area contributed by atoms with Crippen molar-refractivity contribution in [3.05, 3.63) is 75.5 Å². The molecule has 0 fully saturated rings. The zero-order valence-corrected chi connectivity index (χ0v) is 18.0. The van der Waals surface area contributed by atoms with Crippen molar-refractivity contribution in [3.63, 3.8) is 0 Å². The summed E-state index contributed by atoms with van der Waals surface area (Å²) in [6.07, 6.45) is 3.97. The number of allylic oxidation sites excluding steroid dienone is 1. The van der Waals surface area contributed by atoms with Crippen LogP contribution in [0.25, 0.3) is 0 Å². The number of ketones is 1. The van der Waals surface area contributed by atoms with Gasteiger partial charge in [-0.1, -0.05) is 55.8 Å². The lowest BCUT2D eigenvalue weighted by Crippen LogP contribution is -2.03. The van der Waals surface area contributed by atoms with Crippen LogP contribution in [0.15, 0.2) is 58.8 Å². The minimum absolute atomic E-state index is 0.0176. The summed E-state index contributed by atoms with van der Waals surface area (Å²) in [7, 11) is 0. The molecule has 0 N–H and O–H groups in total. The fourth-order valence-corrected chi connectivity index (χ4v) is 4.44. The van der Waals surface area contributed by atoms with Crippen LogP contribution in [0.5, 0.6) is 5.75 Å². The van der Waals surface area contributed by atoms with Crippen molar-refractivity contribution in [2.45, 2.75) is 40.2 Å². The Bertz CT molecular complexity index is 744. The maximum absolute atomic E-state index is 13.0. The van der Waals surface area contributed by atoms with E-state index in [1.54, 1.807) is 29.6 Å². The number of carbonyl (C=O) groups excluding carboxylic acids is 1. The zero-order chi connectivity index (χ0) is 19.5. The summed E-state index contributed by atoms with van der Waals surface area (Å²) < 4.78 is 7.08. The molecule has 0 aliphatic heterocycles. The lowest BCUT2D eigenvalue weighted by molar-refractivity contribution is 0.104. The van der Waals surface area contributed by atoms with E-state index in [4.69, 9.17) is 4.74 Å². The lowest BCUT2D eigenvalue weighted by Gasteiger charge is -2.12. The van der Waals surface area contributed by atoms with E-state index in [9.17, 15) is 4.79 Å². The van der Waals surface area contributed by atoms with Gasteiger partial charge < -0.3 is 4.74 Å². The van der Waals surface area contributed by atoms with E-state index in [1.165, 1.54) is 0 Å². The molecule has 2 rings (SSSR count). The Morgan fingerprint density at radius 2 is 1.67 bits per heavy atom. The standard InChI is InChI=1S/C23H28O2S2/c1-4-13-26-23(27-14-5-2)16-21(24)20-15-18(3)11-12-22(20)25-17-19-9-7-6-8-10-19/h6-12,15-16H,4-5,13-14,17H2,1-3H3. The van der Waals surface area contributed by atoms with E-state index in [0.717, 1.165) is 39.7 Å². The Morgan fingerprint density at radius 1 is 1.00 bits per heavy atom. The molecule has 0 bridgehead atoms. The van der Waals surface area contributed by atoms with Crippen molar-refractivity contribution in [3.8, 4) is 5.75 Å². The van der Waals surface area contributed by atoms with E-state index in [-0.39, 0.29) is 5.78 Å². The zero-order valence-electron chi connectivity index (χ0n) is 16.4. The van der Waals surface area contributed by atoms with Gasteiger partial charge in [-0.25, -0.2) is 0 Å². The SMILES string of the molecule is CCCSC(=CC(=O)c1cc(C)ccc1OCc1ccccc1)SCCC. The van der Waals surface area contributed by atoms with E-state index < -0.39 is 0 Å². The van der Waals surface area contributed by atoms with Gasteiger partial charge in [0.25, 0.3) is 0 Å². The lowest BCUT2D eigenvalue weighted by atomic mass is 10.1. The number of hydrogen-bond donors (Lipinski definition) is 0. The maximum Gasteiger partial charge on any atom is 0.191 e. The highest BCUT2D eigenvalue weighted by atomic mass is 32.2. The molecule has 2 aromatic rings. The average Bonchev–Trinajstić information content (AvgIpc) is 2.69. The van der Waals surface area contributed by atoms with Gasteiger partial charge in [0.1, 0.15) is 12.4 Å². The van der Waals surface area contributed by atoms with Gasteiger partial charge in [-0.2, -0.15) is 0 Å². The molecule has 144 valence electrons. The molecular weight excluding hydrogens is 372 g/mol. The second kappa shape index (κ2) is 11.9. The number of aryl methyl sites for hydroxylation is 1. The third-order valence-electron chi connectivity index (χ3n) is 3.78. The van der Waals surface area contributed by atoms with Crippen molar-refractivity contribution < 1.29 is 9.53 Å².